The van der Waals surface area contributed by atoms with Crippen LogP contribution < -0.4 is 4.72 Å². The second-order valence-corrected chi connectivity index (χ2v) is 6.72. The molecule has 1 aliphatic rings. The standard InChI is InChI=1S/C13H16FNO4S/c14-12-6-5-10(7-11(12)13(16)17)20(18,19)15-8-9-3-1-2-4-9/h5-7,9,15H,1-4,8H2,(H,16,17). The summed E-state index contributed by atoms with van der Waals surface area (Å²) in [6.07, 6.45) is 4.19. The van der Waals surface area contributed by atoms with Gasteiger partial charge in [0.05, 0.1) is 10.5 Å². The molecule has 20 heavy (non-hydrogen) atoms. The molecule has 0 aliphatic heterocycles. The van der Waals surface area contributed by atoms with E-state index in [0.717, 1.165) is 43.9 Å². The van der Waals surface area contributed by atoms with Crippen LogP contribution in [-0.2, 0) is 10.0 Å². The van der Waals surface area contributed by atoms with E-state index >= 15 is 0 Å². The van der Waals surface area contributed by atoms with Crippen LogP contribution in [0, 0.1) is 11.7 Å². The second-order valence-electron chi connectivity index (χ2n) is 4.95. The fraction of sp³-hybridized carbons (Fsp3) is 0.462. The number of aromatic carboxylic acids is 1. The maximum absolute atomic E-state index is 13.2. The van der Waals surface area contributed by atoms with E-state index in [-0.39, 0.29) is 4.90 Å². The number of carboxylic acid groups (broad SMARTS) is 1. The van der Waals surface area contributed by atoms with Crippen molar-refractivity contribution in [2.75, 3.05) is 6.54 Å². The molecule has 0 amide bonds. The Balaban J connectivity index is 2.16. The van der Waals surface area contributed by atoms with Crippen LogP contribution in [0.3, 0.4) is 0 Å². The second kappa shape index (κ2) is 5.88. The van der Waals surface area contributed by atoms with E-state index in [1.54, 1.807) is 0 Å². The van der Waals surface area contributed by atoms with Crippen LogP contribution in [0.2, 0.25) is 0 Å². The predicted octanol–water partition coefficient (Wildman–Crippen LogP) is 1.99. The zero-order valence-electron chi connectivity index (χ0n) is 10.8. The molecule has 1 saturated carbocycles. The topological polar surface area (TPSA) is 83.5 Å². The van der Waals surface area contributed by atoms with E-state index in [0.29, 0.717) is 12.5 Å². The zero-order valence-corrected chi connectivity index (χ0v) is 11.6. The first kappa shape index (κ1) is 14.9. The Bertz CT molecular complexity index is 609. The minimum Gasteiger partial charge on any atom is -0.478 e. The molecule has 110 valence electrons. The van der Waals surface area contributed by atoms with Crippen LogP contribution in [0.4, 0.5) is 4.39 Å². The zero-order chi connectivity index (χ0) is 14.8. The van der Waals surface area contributed by atoms with Crippen molar-refractivity contribution < 1.29 is 22.7 Å². The SMILES string of the molecule is O=C(O)c1cc(S(=O)(=O)NCC2CCCC2)ccc1F. The molecule has 2 N–H and O–H groups in total. The molecule has 1 aromatic rings. The van der Waals surface area contributed by atoms with Crippen molar-refractivity contribution >= 4 is 16.0 Å². The van der Waals surface area contributed by atoms with E-state index in [2.05, 4.69) is 4.72 Å². The summed E-state index contributed by atoms with van der Waals surface area (Å²) >= 11 is 0. The number of carbonyl (C=O) groups is 1. The summed E-state index contributed by atoms with van der Waals surface area (Å²) in [5, 5.41) is 8.80. The molecule has 0 aromatic heterocycles. The smallest absolute Gasteiger partial charge is 0.338 e. The van der Waals surface area contributed by atoms with E-state index in [1.807, 2.05) is 0 Å². The summed E-state index contributed by atoms with van der Waals surface area (Å²) in [7, 11) is -3.80. The largest absolute Gasteiger partial charge is 0.478 e. The van der Waals surface area contributed by atoms with Crippen molar-refractivity contribution in [2.24, 2.45) is 5.92 Å². The normalized spacial score (nSPS) is 16.4. The Morgan fingerprint density at radius 3 is 2.60 bits per heavy atom. The van der Waals surface area contributed by atoms with Crippen molar-refractivity contribution in [2.45, 2.75) is 30.6 Å². The molecular formula is C13H16FNO4S. The number of hydrogen-bond acceptors (Lipinski definition) is 3. The molecule has 0 radical (unpaired) electrons. The van der Waals surface area contributed by atoms with Gasteiger partial charge in [-0.25, -0.2) is 22.3 Å². The van der Waals surface area contributed by atoms with E-state index < -0.39 is 27.4 Å². The molecule has 7 heteroatoms. The Labute approximate surface area is 116 Å². The average Bonchev–Trinajstić information content (AvgIpc) is 2.89. The van der Waals surface area contributed by atoms with Crippen LogP contribution in [0.15, 0.2) is 23.1 Å². The molecule has 0 unspecified atom stereocenters. The lowest BCUT2D eigenvalue weighted by atomic mass is 10.1. The highest BCUT2D eigenvalue weighted by molar-refractivity contribution is 7.89. The molecule has 5 nitrogen and oxygen atoms in total. The van der Waals surface area contributed by atoms with Gasteiger partial charge in [-0.15, -0.1) is 0 Å². The number of nitrogens with one attached hydrogen (secondary N) is 1. The Hall–Kier alpha value is -1.47. The predicted molar refractivity (Wildman–Crippen MR) is 70.5 cm³/mol. The fourth-order valence-electron chi connectivity index (χ4n) is 2.36. The number of rotatable bonds is 5. The minimum absolute atomic E-state index is 0.228. The van der Waals surface area contributed by atoms with Crippen molar-refractivity contribution in [3.8, 4) is 0 Å². The third kappa shape index (κ3) is 3.34. The van der Waals surface area contributed by atoms with Crippen LogP contribution >= 0.6 is 0 Å². The number of sulfonamides is 1. The first-order valence-corrected chi connectivity index (χ1v) is 7.91. The molecule has 0 spiro atoms. The van der Waals surface area contributed by atoms with Crippen LogP contribution in [0.1, 0.15) is 36.0 Å². The molecule has 0 heterocycles. The number of hydrogen-bond donors (Lipinski definition) is 2. The number of halogens is 1. The first-order chi connectivity index (χ1) is 9.40. The monoisotopic (exact) mass is 301 g/mol. The summed E-state index contributed by atoms with van der Waals surface area (Å²) in [6.45, 7) is 0.335. The molecule has 0 saturated heterocycles. The lowest BCUT2D eigenvalue weighted by Gasteiger charge is -2.11. The minimum atomic E-state index is -3.80. The highest BCUT2D eigenvalue weighted by atomic mass is 32.2. The molecule has 0 atom stereocenters. The Morgan fingerprint density at radius 2 is 2.00 bits per heavy atom. The molecule has 2 rings (SSSR count). The third-order valence-electron chi connectivity index (χ3n) is 3.52. The molecular weight excluding hydrogens is 285 g/mol. The van der Waals surface area contributed by atoms with Crippen molar-refractivity contribution in [1.29, 1.82) is 0 Å². The van der Waals surface area contributed by atoms with Gasteiger partial charge in [0.1, 0.15) is 5.82 Å². The van der Waals surface area contributed by atoms with Crippen molar-refractivity contribution in [1.82, 2.24) is 4.72 Å². The average molecular weight is 301 g/mol. The molecule has 1 aliphatic carbocycles. The van der Waals surface area contributed by atoms with Crippen molar-refractivity contribution in [3.63, 3.8) is 0 Å². The summed E-state index contributed by atoms with van der Waals surface area (Å²) in [6, 6.07) is 2.76. The number of benzene rings is 1. The van der Waals surface area contributed by atoms with Gasteiger partial charge in [-0.2, -0.15) is 0 Å². The third-order valence-corrected chi connectivity index (χ3v) is 4.94. The summed E-state index contributed by atoms with van der Waals surface area (Å²) in [4.78, 5) is 10.6. The van der Waals surface area contributed by atoms with Crippen LogP contribution in [-0.4, -0.2) is 26.0 Å². The van der Waals surface area contributed by atoms with Crippen molar-refractivity contribution in [3.05, 3.63) is 29.6 Å². The van der Waals surface area contributed by atoms with Gasteiger partial charge in [0, 0.05) is 6.54 Å². The molecule has 1 aromatic carbocycles. The summed E-state index contributed by atoms with van der Waals surface area (Å²) in [5.41, 5.74) is -0.645. The lowest BCUT2D eigenvalue weighted by molar-refractivity contribution is 0.0691. The molecule has 1 fully saturated rings. The summed E-state index contributed by atoms with van der Waals surface area (Å²) < 4.78 is 39.8. The van der Waals surface area contributed by atoms with Gasteiger partial charge in [0.2, 0.25) is 10.0 Å². The van der Waals surface area contributed by atoms with Gasteiger partial charge < -0.3 is 5.11 Å². The van der Waals surface area contributed by atoms with Gasteiger partial charge in [-0.1, -0.05) is 12.8 Å². The maximum atomic E-state index is 13.2. The van der Waals surface area contributed by atoms with E-state index in [1.165, 1.54) is 0 Å². The van der Waals surface area contributed by atoms with Gasteiger partial charge >= 0.3 is 5.97 Å². The highest BCUT2D eigenvalue weighted by Gasteiger charge is 2.21. The van der Waals surface area contributed by atoms with Crippen LogP contribution in [0.25, 0.3) is 0 Å². The van der Waals surface area contributed by atoms with E-state index in [9.17, 15) is 17.6 Å². The lowest BCUT2D eigenvalue weighted by Crippen LogP contribution is -2.28. The van der Waals surface area contributed by atoms with Gasteiger partial charge in [-0.3, -0.25) is 0 Å². The number of carboxylic acids is 1. The quantitative estimate of drug-likeness (QED) is 0.871. The highest BCUT2D eigenvalue weighted by Crippen LogP contribution is 2.24. The Morgan fingerprint density at radius 1 is 1.35 bits per heavy atom. The first-order valence-electron chi connectivity index (χ1n) is 6.42. The van der Waals surface area contributed by atoms with E-state index in [4.69, 9.17) is 5.11 Å². The van der Waals surface area contributed by atoms with Gasteiger partial charge in [-0.05, 0) is 37.0 Å². The summed E-state index contributed by atoms with van der Waals surface area (Å²) in [5.74, 6) is -2.12. The van der Waals surface area contributed by atoms with Crippen LogP contribution in [0.5, 0.6) is 0 Å². The maximum Gasteiger partial charge on any atom is 0.338 e. The molecule has 0 bridgehead atoms. The fourth-order valence-corrected chi connectivity index (χ4v) is 3.50. The Kier molecular flexibility index (Phi) is 4.39. The van der Waals surface area contributed by atoms with Gasteiger partial charge in [0.25, 0.3) is 0 Å². The van der Waals surface area contributed by atoms with Gasteiger partial charge in [0.15, 0.2) is 0 Å².